The van der Waals surface area contributed by atoms with E-state index < -0.39 is 17.2 Å². The maximum atomic E-state index is 13.0. The molecule has 12 bridgehead atoms. The molecule has 0 saturated heterocycles. The van der Waals surface area contributed by atoms with Crippen LogP contribution in [0.4, 0.5) is 0 Å². The first-order chi connectivity index (χ1) is 36.4. The van der Waals surface area contributed by atoms with Gasteiger partial charge in [-0.2, -0.15) is 15.3 Å². The van der Waals surface area contributed by atoms with Crippen molar-refractivity contribution in [3.63, 3.8) is 0 Å². The molecule has 0 radical (unpaired) electrons. The van der Waals surface area contributed by atoms with Gasteiger partial charge < -0.3 is 50.5 Å². The Bertz CT molecular complexity index is 2880. The number of hydrogen-bond donors (Lipinski definition) is 7. The standard InChI is InChI=1S/2C19H24N4O2.C10H17NO.C9H9N3O2/c2*1-22-18(23-4-2-3-5-23)15(11-20-22)17(24)21-16-13-6-12-7-14(16)10-19(25,8-12)9-13;11-9-7-1-6-2-8(9)5-10(12,3-6)4-7;1-11-8(12-4-2-3-5-12)7(6-10-11)9(13)14/h2*2-5,11-14,16,25H,6-10H2,1H3,(H,21,24);6-9,12H,1-5,11H2;2-6H,1H3,(H,13,14). The number of hydrogen-bond acceptors (Lipinski definition) is 10. The minimum absolute atomic E-state index is 0.0544. The Labute approximate surface area is 442 Å². The zero-order chi connectivity index (χ0) is 52.8. The van der Waals surface area contributed by atoms with E-state index in [0.717, 1.165) is 101 Å². The number of nitrogens with one attached hydrogen (secondary N) is 2. The van der Waals surface area contributed by atoms with E-state index in [1.54, 1.807) is 45.8 Å². The lowest BCUT2D eigenvalue weighted by atomic mass is 9.52. The second kappa shape index (κ2) is 19.3. The Balaban J connectivity index is 0.000000107. The molecule has 0 spiro atoms. The van der Waals surface area contributed by atoms with Crippen molar-refractivity contribution >= 4 is 17.8 Å². The molecule has 18 rings (SSSR count). The summed E-state index contributed by atoms with van der Waals surface area (Å²) in [7, 11) is 5.41. The molecule has 19 nitrogen and oxygen atoms in total. The predicted octanol–water partition coefficient (Wildman–Crippen LogP) is 5.55. The fraction of sp³-hybridized carbons (Fsp3) is 0.579. The number of aryl methyl sites for hydroxylation is 3. The Morgan fingerprint density at radius 3 is 1.05 bits per heavy atom. The highest BCUT2D eigenvalue weighted by atomic mass is 16.4. The van der Waals surface area contributed by atoms with Crippen LogP contribution in [0, 0.1) is 53.3 Å². The van der Waals surface area contributed by atoms with Crippen LogP contribution in [0.25, 0.3) is 17.5 Å². The summed E-state index contributed by atoms with van der Waals surface area (Å²) in [5.74, 6) is 6.04. The highest BCUT2D eigenvalue weighted by molar-refractivity contribution is 5.98. The van der Waals surface area contributed by atoms with Gasteiger partial charge in [-0.25, -0.2) is 4.79 Å². The van der Waals surface area contributed by atoms with Crippen molar-refractivity contribution in [3.05, 3.63) is 109 Å². The number of nitrogens with two attached hydrogens (primary N) is 1. The van der Waals surface area contributed by atoms with Crippen LogP contribution in [0.2, 0.25) is 0 Å². The molecule has 6 heterocycles. The number of aliphatic hydroxyl groups is 3. The molecule has 6 unspecified atom stereocenters. The lowest BCUT2D eigenvalue weighted by Crippen LogP contribution is -2.61. The molecule has 6 aromatic heterocycles. The predicted molar refractivity (Wildman–Crippen MR) is 281 cm³/mol. The first-order valence-electron chi connectivity index (χ1n) is 27.6. The van der Waals surface area contributed by atoms with Crippen LogP contribution in [0.5, 0.6) is 0 Å². The highest BCUT2D eigenvalue weighted by Crippen LogP contribution is 2.58. The minimum Gasteiger partial charge on any atom is -0.477 e. The van der Waals surface area contributed by atoms with Crippen LogP contribution in [-0.4, -0.2) is 116 Å². The van der Waals surface area contributed by atoms with E-state index >= 15 is 0 Å². The van der Waals surface area contributed by atoms with Gasteiger partial charge in [0.05, 0.1) is 35.4 Å². The molecule has 404 valence electrons. The van der Waals surface area contributed by atoms with E-state index in [-0.39, 0.29) is 35.1 Å². The van der Waals surface area contributed by atoms with Crippen molar-refractivity contribution < 1.29 is 34.8 Å². The largest absolute Gasteiger partial charge is 0.477 e. The molecular formula is C57H74N12O7. The summed E-state index contributed by atoms with van der Waals surface area (Å²) in [4.78, 5) is 36.9. The van der Waals surface area contributed by atoms with Gasteiger partial charge in [0, 0.05) is 76.4 Å². The van der Waals surface area contributed by atoms with E-state index in [4.69, 9.17) is 10.8 Å². The van der Waals surface area contributed by atoms with Gasteiger partial charge >= 0.3 is 5.97 Å². The topological polar surface area (TPSA) is 250 Å². The van der Waals surface area contributed by atoms with E-state index in [9.17, 15) is 29.7 Å². The van der Waals surface area contributed by atoms with Gasteiger partial charge in [0.1, 0.15) is 34.1 Å². The van der Waals surface area contributed by atoms with E-state index in [2.05, 4.69) is 25.9 Å². The average Bonchev–Trinajstić information content (AvgIpc) is 4.29. The first kappa shape index (κ1) is 50.5. The maximum absolute atomic E-state index is 13.0. The number of nitrogens with zero attached hydrogens (tertiary/aromatic N) is 9. The number of carbonyl (C=O) groups excluding carboxylic acids is 2. The molecule has 12 aliphatic carbocycles. The summed E-state index contributed by atoms with van der Waals surface area (Å²) < 4.78 is 10.5. The molecule has 2 amide bonds. The summed E-state index contributed by atoms with van der Waals surface area (Å²) >= 11 is 0. The molecule has 12 fully saturated rings. The molecule has 6 aromatic rings. The van der Waals surface area contributed by atoms with Gasteiger partial charge in [-0.3, -0.25) is 23.6 Å². The molecule has 19 heteroatoms. The molecule has 0 aliphatic heterocycles. The van der Waals surface area contributed by atoms with E-state index in [0.29, 0.717) is 70.3 Å². The van der Waals surface area contributed by atoms with Gasteiger partial charge in [0.25, 0.3) is 11.8 Å². The molecule has 6 atom stereocenters. The smallest absolute Gasteiger partial charge is 0.341 e. The zero-order valence-electron chi connectivity index (χ0n) is 43.8. The van der Waals surface area contributed by atoms with Crippen molar-refractivity contribution in [2.45, 2.75) is 131 Å². The SMILES string of the molecule is Cn1ncc(C(=O)NC2C3CC4CC2CC(O)(C4)C3)c1-n1cccc1.Cn1ncc(C(=O)NC2C3CC4CC2CC(O)(C4)C3)c1-n1cccc1.Cn1ncc(C(=O)O)c1-n1cccc1.NC1C2CC3CC1CC(O)(C3)C2. The Morgan fingerprint density at radius 1 is 0.474 bits per heavy atom. The van der Waals surface area contributed by atoms with Crippen LogP contribution >= 0.6 is 0 Å². The fourth-order valence-electron chi connectivity index (χ4n) is 17.0. The Hall–Kier alpha value is -6.28. The molecule has 12 aliphatic rings. The summed E-state index contributed by atoms with van der Waals surface area (Å²) in [5, 5.41) is 59.6. The number of carboxylic acids is 1. The Kier molecular flexibility index (Phi) is 12.8. The lowest BCUT2D eigenvalue weighted by Gasteiger charge is -2.58. The van der Waals surface area contributed by atoms with Crippen LogP contribution in [0.3, 0.4) is 0 Å². The van der Waals surface area contributed by atoms with Crippen LogP contribution < -0.4 is 16.4 Å². The molecule has 0 aromatic carbocycles. The first-order valence-corrected chi connectivity index (χ1v) is 27.6. The number of amides is 2. The Morgan fingerprint density at radius 2 is 0.750 bits per heavy atom. The van der Waals surface area contributed by atoms with Gasteiger partial charge in [-0.15, -0.1) is 0 Å². The van der Waals surface area contributed by atoms with Crippen LogP contribution in [-0.2, 0) is 21.1 Å². The maximum Gasteiger partial charge on any atom is 0.341 e. The summed E-state index contributed by atoms with van der Waals surface area (Å²) in [6.07, 6.45) is 31.3. The van der Waals surface area contributed by atoms with Crippen LogP contribution in [0.1, 0.15) is 127 Å². The van der Waals surface area contributed by atoms with E-state index in [1.165, 1.54) is 23.7 Å². The van der Waals surface area contributed by atoms with Gasteiger partial charge in [-0.05, 0) is 186 Å². The van der Waals surface area contributed by atoms with Crippen molar-refractivity contribution in [1.82, 2.24) is 53.7 Å². The van der Waals surface area contributed by atoms with Gasteiger partial charge in [-0.1, -0.05) is 0 Å². The van der Waals surface area contributed by atoms with Crippen LogP contribution in [0.15, 0.2) is 92.2 Å². The normalized spacial score (nSPS) is 35.4. The van der Waals surface area contributed by atoms with Gasteiger partial charge in [0.2, 0.25) is 0 Å². The van der Waals surface area contributed by atoms with Crippen molar-refractivity contribution in [3.8, 4) is 17.5 Å². The molecule has 12 saturated carbocycles. The number of rotatable bonds is 8. The summed E-state index contributed by atoms with van der Waals surface area (Å²) in [5.41, 5.74) is 6.28. The zero-order valence-corrected chi connectivity index (χ0v) is 43.8. The second-order valence-corrected chi connectivity index (χ2v) is 24.8. The lowest BCUT2D eigenvalue weighted by molar-refractivity contribution is -0.137. The van der Waals surface area contributed by atoms with Crippen molar-refractivity contribution in [2.24, 2.45) is 80.1 Å². The fourth-order valence-corrected chi connectivity index (χ4v) is 17.0. The third-order valence-electron chi connectivity index (χ3n) is 19.4. The quantitative estimate of drug-likeness (QED) is 0.0995. The summed E-state index contributed by atoms with van der Waals surface area (Å²) in [6, 6.07) is 12.2. The minimum atomic E-state index is -0.971. The van der Waals surface area contributed by atoms with Crippen molar-refractivity contribution in [1.29, 1.82) is 0 Å². The summed E-state index contributed by atoms with van der Waals surface area (Å²) in [6.45, 7) is 0. The third kappa shape index (κ3) is 9.44. The van der Waals surface area contributed by atoms with Gasteiger partial charge in [0.15, 0.2) is 0 Å². The molecule has 76 heavy (non-hydrogen) atoms. The third-order valence-corrected chi connectivity index (χ3v) is 19.4. The van der Waals surface area contributed by atoms with E-state index in [1.807, 2.05) is 84.4 Å². The van der Waals surface area contributed by atoms with Crippen molar-refractivity contribution in [2.75, 3.05) is 0 Å². The number of aromatic nitrogens is 9. The average molecular weight is 1040 g/mol. The monoisotopic (exact) mass is 1040 g/mol. The molecule has 8 N–H and O–H groups in total. The molecular weight excluding hydrogens is 965 g/mol. The number of carbonyl (C=O) groups is 3. The second-order valence-electron chi connectivity index (χ2n) is 24.8. The number of aromatic carboxylic acids is 1. The number of carboxylic acid groups (broad SMARTS) is 1. The highest BCUT2D eigenvalue weighted by Gasteiger charge is 2.57.